The Morgan fingerprint density at radius 2 is 1.86 bits per heavy atom. The number of primary amides is 1. The molecule has 0 aliphatic heterocycles. The molecule has 0 aromatic heterocycles. The summed E-state index contributed by atoms with van der Waals surface area (Å²) >= 11 is 0. The van der Waals surface area contributed by atoms with Crippen LogP contribution in [-0.2, 0) is 16.0 Å². The minimum absolute atomic E-state index is 0.0106. The van der Waals surface area contributed by atoms with Gasteiger partial charge < -0.3 is 20.5 Å². The molecule has 1 aromatic carbocycles. The molecule has 0 heterocycles. The van der Waals surface area contributed by atoms with E-state index in [2.05, 4.69) is 14.8 Å². The van der Waals surface area contributed by atoms with Gasteiger partial charge >= 0.3 is 12.5 Å². The summed E-state index contributed by atoms with van der Waals surface area (Å²) < 4.78 is 44.0. The molecule has 0 fully saturated rings. The zero-order valence-corrected chi connectivity index (χ0v) is 10.9. The number of carbonyl (C=O) groups excluding carboxylic acids is 2. The van der Waals surface area contributed by atoms with Crippen molar-refractivity contribution in [3.8, 4) is 5.75 Å². The number of benzene rings is 1. The van der Waals surface area contributed by atoms with Gasteiger partial charge in [-0.15, -0.1) is 13.2 Å². The quantitative estimate of drug-likeness (QED) is 0.859. The highest BCUT2D eigenvalue weighted by atomic mass is 19.4. The van der Waals surface area contributed by atoms with Crippen LogP contribution in [-0.4, -0.2) is 31.5 Å². The van der Waals surface area contributed by atoms with Crippen LogP contribution in [0.1, 0.15) is 5.56 Å². The van der Waals surface area contributed by atoms with Gasteiger partial charge in [-0.2, -0.15) is 0 Å². The molecule has 116 valence electrons. The molecule has 1 atom stereocenters. The van der Waals surface area contributed by atoms with Gasteiger partial charge in [0.2, 0.25) is 5.91 Å². The first kappa shape index (κ1) is 16.6. The largest absolute Gasteiger partial charge is 0.573 e. The standard InChI is InChI=1S/C12H13F3N2O4/c1-20-11(19)17-9(10(16)18)6-7-2-4-8(5-3-7)21-12(13,14)15/h2-5,9H,6H2,1H3,(H2,16,18)(H,17,19)/t9-/m0/s1. The molecule has 0 bridgehead atoms. The number of methoxy groups -OCH3 is 1. The number of nitrogens with one attached hydrogen (secondary N) is 1. The van der Waals surface area contributed by atoms with E-state index in [1.165, 1.54) is 12.1 Å². The summed E-state index contributed by atoms with van der Waals surface area (Å²) in [5, 5.41) is 2.22. The van der Waals surface area contributed by atoms with Gasteiger partial charge in [-0.05, 0) is 17.7 Å². The molecule has 2 amide bonds. The monoisotopic (exact) mass is 306 g/mol. The maximum atomic E-state index is 12.0. The molecule has 3 N–H and O–H groups in total. The lowest BCUT2D eigenvalue weighted by molar-refractivity contribution is -0.274. The van der Waals surface area contributed by atoms with Crippen molar-refractivity contribution in [3.05, 3.63) is 29.8 Å². The van der Waals surface area contributed by atoms with E-state index >= 15 is 0 Å². The van der Waals surface area contributed by atoms with Gasteiger partial charge in [0.1, 0.15) is 11.8 Å². The maximum absolute atomic E-state index is 12.0. The Labute approximate surface area is 118 Å². The van der Waals surface area contributed by atoms with Crippen LogP contribution in [0.4, 0.5) is 18.0 Å². The van der Waals surface area contributed by atoms with Crippen LogP contribution in [0.2, 0.25) is 0 Å². The molecule has 6 nitrogen and oxygen atoms in total. The van der Waals surface area contributed by atoms with Crippen molar-refractivity contribution in [1.29, 1.82) is 0 Å². The van der Waals surface area contributed by atoms with Gasteiger partial charge in [0.15, 0.2) is 0 Å². The Morgan fingerprint density at radius 1 is 1.29 bits per heavy atom. The summed E-state index contributed by atoms with van der Waals surface area (Å²) in [7, 11) is 1.12. The van der Waals surface area contributed by atoms with E-state index in [9.17, 15) is 22.8 Å². The van der Waals surface area contributed by atoms with E-state index in [4.69, 9.17) is 5.73 Å². The Morgan fingerprint density at radius 3 is 2.29 bits per heavy atom. The summed E-state index contributed by atoms with van der Waals surface area (Å²) in [6.45, 7) is 0. The van der Waals surface area contributed by atoms with Crippen LogP contribution < -0.4 is 15.8 Å². The fraction of sp³-hybridized carbons (Fsp3) is 0.333. The zero-order valence-electron chi connectivity index (χ0n) is 10.9. The van der Waals surface area contributed by atoms with Crippen LogP contribution in [0.25, 0.3) is 0 Å². The van der Waals surface area contributed by atoms with Crippen molar-refractivity contribution >= 4 is 12.0 Å². The Hall–Kier alpha value is -2.45. The molecule has 21 heavy (non-hydrogen) atoms. The second-order valence-corrected chi connectivity index (χ2v) is 3.99. The van der Waals surface area contributed by atoms with Gasteiger partial charge in [0, 0.05) is 6.42 Å². The number of amides is 2. The summed E-state index contributed by atoms with van der Waals surface area (Å²) in [5.41, 5.74) is 5.61. The number of ether oxygens (including phenoxy) is 2. The Bertz CT molecular complexity index is 502. The van der Waals surface area contributed by atoms with Crippen molar-refractivity contribution in [2.24, 2.45) is 5.73 Å². The van der Waals surface area contributed by atoms with Gasteiger partial charge in [-0.3, -0.25) is 4.79 Å². The van der Waals surface area contributed by atoms with E-state index in [0.717, 1.165) is 19.2 Å². The number of alkyl halides is 3. The third kappa shape index (κ3) is 6.02. The molecule has 0 saturated heterocycles. The van der Waals surface area contributed by atoms with E-state index in [-0.39, 0.29) is 12.2 Å². The predicted molar refractivity (Wildman–Crippen MR) is 65.4 cm³/mol. The molecular formula is C12H13F3N2O4. The minimum Gasteiger partial charge on any atom is -0.453 e. The van der Waals surface area contributed by atoms with Crippen LogP contribution >= 0.6 is 0 Å². The van der Waals surface area contributed by atoms with Crippen LogP contribution in [0, 0.1) is 0 Å². The lowest BCUT2D eigenvalue weighted by Gasteiger charge is -2.15. The number of rotatable bonds is 5. The molecule has 0 spiro atoms. The molecule has 0 saturated carbocycles. The van der Waals surface area contributed by atoms with Crippen molar-refractivity contribution in [2.45, 2.75) is 18.8 Å². The van der Waals surface area contributed by atoms with Crippen LogP contribution in [0.15, 0.2) is 24.3 Å². The Kier molecular flexibility index (Phi) is 5.39. The maximum Gasteiger partial charge on any atom is 0.573 e. The van der Waals surface area contributed by atoms with E-state index < -0.39 is 24.4 Å². The smallest absolute Gasteiger partial charge is 0.453 e. The average molecular weight is 306 g/mol. The van der Waals surface area contributed by atoms with Gasteiger partial charge in [-0.1, -0.05) is 12.1 Å². The zero-order chi connectivity index (χ0) is 16.0. The lowest BCUT2D eigenvalue weighted by Crippen LogP contribution is -2.45. The predicted octanol–water partition coefficient (Wildman–Crippen LogP) is 1.34. The van der Waals surface area contributed by atoms with E-state index in [1.54, 1.807) is 0 Å². The highest BCUT2D eigenvalue weighted by Crippen LogP contribution is 2.23. The summed E-state index contributed by atoms with van der Waals surface area (Å²) in [6.07, 6.45) is -5.60. The topological polar surface area (TPSA) is 90.7 Å². The van der Waals surface area contributed by atoms with Crippen LogP contribution in [0.3, 0.4) is 0 Å². The fourth-order valence-electron chi connectivity index (χ4n) is 1.49. The highest BCUT2D eigenvalue weighted by Gasteiger charge is 2.31. The van der Waals surface area contributed by atoms with Gasteiger partial charge in [-0.25, -0.2) is 4.79 Å². The number of carbonyl (C=O) groups is 2. The number of halogens is 3. The molecule has 1 aromatic rings. The number of hydrogen-bond acceptors (Lipinski definition) is 4. The number of hydrogen-bond donors (Lipinski definition) is 2. The first-order valence-corrected chi connectivity index (χ1v) is 5.70. The SMILES string of the molecule is COC(=O)N[C@@H](Cc1ccc(OC(F)(F)F)cc1)C(N)=O. The third-order valence-electron chi connectivity index (χ3n) is 2.42. The second-order valence-electron chi connectivity index (χ2n) is 3.99. The van der Waals surface area contributed by atoms with Crippen LogP contribution in [0.5, 0.6) is 5.75 Å². The number of nitrogens with two attached hydrogens (primary N) is 1. The number of alkyl carbamates (subject to hydrolysis) is 1. The first-order valence-electron chi connectivity index (χ1n) is 5.70. The average Bonchev–Trinajstić information content (AvgIpc) is 2.38. The molecular weight excluding hydrogens is 293 g/mol. The molecule has 0 aliphatic carbocycles. The summed E-state index contributed by atoms with van der Waals surface area (Å²) in [4.78, 5) is 22.2. The normalized spacial score (nSPS) is 12.4. The molecule has 1 rings (SSSR count). The van der Waals surface area contributed by atoms with Gasteiger partial charge in [0.25, 0.3) is 0 Å². The van der Waals surface area contributed by atoms with Crippen molar-refractivity contribution < 1.29 is 32.2 Å². The summed E-state index contributed by atoms with van der Waals surface area (Å²) in [5.74, 6) is -1.18. The minimum atomic E-state index is -4.77. The molecule has 0 aliphatic rings. The highest BCUT2D eigenvalue weighted by molar-refractivity contribution is 5.84. The first-order chi connectivity index (χ1) is 9.71. The third-order valence-corrected chi connectivity index (χ3v) is 2.42. The fourth-order valence-corrected chi connectivity index (χ4v) is 1.49. The summed E-state index contributed by atoms with van der Waals surface area (Å²) in [6, 6.07) is 3.82. The van der Waals surface area contributed by atoms with Crippen molar-refractivity contribution in [3.63, 3.8) is 0 Å². The molecule has 0 radical (unpaired) electrons. The lowest BCUT2D eigenvalue weighted by atomic mass is 10.1. The van der Waals surface area contributed by atoms with Crippen molar-refractivity contribution in [2.75, 3.05) is 7.11 Å². The molecule has 9 heteroatoms. The second kappa shape index (κ2) is 6.82. The van der Waals surface area contributed by atoms with E-state index in [0.29, 0.717) is 5.56 Å². The molecule has 0 unspecified atom stereocenters. The van der Waals surface area contributed by atoms with Gasteiger partial charge in [0.05, 0.1) is 7.11 Å². The van der Waals surface area contributed by atoms with E-state index in [1.807, 2.05) is 0 Å². The Balaban J connectivity index is 2.72. The van der Waals surface area contributed by atoms with Crippen molar-refractivity contribution in [1.82, 2.24) is 5.32 Å².